The summed E-state index contributed by atoms with van der Waals surface area (Å²) in [7, 11) is -7.13. The van der Waals surface area contributed by atoms with Crippen molar-refractivity contribution >= 4 is 20.4 Å². The summed E-state index contributed by atoms with van der Waals surface area (Å²) in [6.45, 7) is 1.33. The Morgan fingerprint density at radius 3 is 1.93 bits per heavy atom. The molecule has 0 aliphatic rings. The number of hydrogen-bond acceptors (Lipinski definition) is 4. The number of nitrogens with one attached hydrogen (secondary N) is 1. The van der Waals surface area contributed by atoms with E-state index in [-0.39, 0.29) is 18.1 Å². The molecule has 92 valence electrons. The van der Waals surface area contributed by atoms with Gasteiger partial charge in [-0.05, 0) is 11.3 Å². The summed E-state index contributed by atoms with van der Waals surface area (Å²) in [6, 6.07) is 0. The van der Waals surface area contributed by atoms with Crippen LogP contribution in [0.25, 0.3) is 0 Å². The summed E-state index contributed by atoms with van der Waals surface area (Å²) in [5, 5.41) is 0.151. The summed E-state index contributed by atoms with van der Waals surface area (Å²) in [4.78, 5) is 0. The Bertz CT molecular complexity index is 388. The van der Waals surface area contributed by atoms with Gasteiger partial charge >= 0.3 is 10.3 Å². The van der Waals surface area contributed by atoms with Crippen molar-refractivity contribution in [2.45, 2.75) is 6.92 Å². The van der Waals surface area contributed by atoms with E-state index in [1.54, 1.807) is 0 Å². The van der Waals surface area contributed by atoms with Crippen LogP contribution in [-0.2, 0) is 20.4 Å². The van der Waals surface area contributed by atoms with Gasteiger partial charge in [-0.15, -0.1) is 0 Å². The molecule has 15 heavy (non-hydrogen) atoms. The number of nitrogens with zero attached hydrogens (tertiary/aromatic N) is 1. The molecule has 0 heterocycles. The molecule has 1 unspecified atom stereocenters. The maximum atomic E-state index is 10.8. The van der Waals surface area contributed by atoms with Gasteiger partial charge in [0, 0.05) is 0 Å². The van der Waals surface area contributed by atoms with Crippen molar-refractivity contribution in [3.05, 3.63) is 0 Å². The largest absolute Gasteiger partial charge is 0.378 e. The van der Waals surface area contributed by atoms with Crippen LogP contribution in [-0.4, -0.2) is 56.2 Å². The molecular weight excluding hydrogens is 248 g/mol. The van der Waals surface area contributed by atoms with Crippen LogP contribution < -0.4 is 5.01 Å². The standard InChI is InChI=1S/C5H14N2O6S2/c1-3-7(15(11,12)13)6(2)4-5-14(8,9)10/h3-5H2,1-2H3,(H,8,9,10)(H,11,12,13)/p+1. The van der Waals surface area contributed by atoms with E-state index >= 15 is 0 Å². The van der Waals surface area contributed by atoms with E-state index in [9.17, 15) is 16.8 Å². The maximum Gasteiger partial charge on any atom is 0.378 e. The first-order valence-electron chi connectivity index (χ1n) is 4.10. The molecule has 0 amide bonds. The van der Waals surface area contributed by atoms with Crippen molar-refractivity contribution in [2.75, 3.05) is 25.9 Å². The van der Waals surface area contributed by atoms with E-state index in [0.29, 0.717) is 4.41 Å². The molecule has 0 aromatic rings. The predicted octanol–water partition coefficient (Wildman–Crippen LogP) is -2.57. The highest BCUT2D eigenvalue weighted by molar-refractivity contribution is 7.85. The van der Waals surface area contributed by atoms with Gasteiger partial charge in [0.1, 0.15) is 12.3 Å². The van der Waals surface area contributed by atoms with Crippen molar-refractivity contribution in [1.82, 2.24) is 4.41 Å². The van der Waals surface area contributed by atoms with E-state index in [2.05, 4.69) is 0 Å². The van der Waals surface area contributed by atoms with Gasteiger partial charge in [0.25, 0.3) is 10.1 Å². The highest BCUT2D eigenvalue weighted by atomic mass is 32.2. The van der Waals surface area contributed by atoms with E-state index in [4.69, 9.17) is 9.11 Å². The Hall–Kier alpha value is -0.260. The Morgan fingerprint density at radius 1 is 1.20 bits per heavy atom. The third-order valence-electron chi connectivity index (χ3n) is 1.71. The van der Waals surface area contributed by atoms with Gasteiger partial charge in [0.2, 0.25) is 0 Å². The molecule has 0 aromatic carbocycles. The SMILES string of the molecule is CCN([NH+](C)CCS(=O)(=O)O)S(=O)(=O)O. The van der Waals surface area contributed by atoms with Crippen molar-refractivity contribution in [2.24, 2.45) is 0 Å². The topological polar surface area (TPSA) is 116 Å². The number of hydrogen-bond donors (Lipinski definition) is 3. The van der Waals surface area contributed by atoms with E-state index in [0.717, 1.165) is 0 Å². The van der Waals surface area contributed by atoms with Crippen molar-refractivity contribution in [3.63, 3.8) is 0 Å². The minimum Gasteiger partial charge on any atom is -0.285 e. The van der Waals surface area contributed by atoms with Gasteiger partial charge in [-0.2, -0.15) is 16.8 Å². The summed E-state index contributed by atoms with van der Waals surface area (Å²) in [5.74, 6) is -0.579. The smallest absolute Gasteiger partial charge is 0.285 e. The average Bonchev–Trinajstić information content (AvgIpc) is 1.98. The zero-order valence-electron chi connectivity index (χ0n) is 8.41. The molecule has 0 radical (unpaired) electrons. The van der Waals surface area contributed by atoms with E-state index in [1.165, 1.54) is 14.0 Å². The third kappa shape index (κ3) is 6.02. The van der Waals surface area contributed by atoms with Crippen molar-refractivity contribution in [3.8, 4) is 0 Å². The van der Waals surface area contributed by atoms with Crippen molar-refractivity contribution < 1.29 is 31.0 Å². The van der Waals surface area contributed by atoms with Gasteiger partial charge in [0.15, 0.2) is 0 Å². The lowest BCUT2D eigenvalue weighted by Crippen LogP contribution is -3.16. The summed E-state index contributed by atoms with van der Waals surface area (Å²) < 4.78 is 60.2. The van der Waals surface area contributed by atoms with Crippen LogP contribution in [0, 0.1) is 0 Å². The molecule has 0 rings (SSSR count). The lowest BCUT2D eigenvalue weighted by Gasteiger charge is -2.22. The fourth-order valence-corrected chi connectivity index (χ4v) is 2.40. The zero-order chi connectivity index (χ0) is 12.3. The summed E-state index contributed by atoms with van der Waals surface area (Å²) >= 11 is 0. The van der Waals surface area contributed by atoms with Gasteiger partial charge in [0.05, 0.1) is 13.6 Å². The summed E-state index contributed by atoms with van der Waals surface area (Å²) in [5.41, 5.74) is 0. The maximum absolute atomic E-state index is 10.8. The summed E-state index contributed by atoms with van der Waals surface area (Å²) in [6.07, 6.45) is 0. The van der Waals surface area contributed by atoms with Gasteiger partial charge in [-0.1, -0.05) is 0 Å². The number of quaternary nitrogens is 1. The first-order valence-corrected chi connectivity index (χ1v) is 7.11. The van der Waals surface area contributed by atoms with E-state index in [1.807, 2.05) is 0 Å². The molecule has 0 aromatic heterocycles. The van der Waals surface area contributed by atoms with Crippen LogP contribution >= 0.6 is 0 Å². The molecule has 0 aliphatic carbocycles. The minimum absolute atomic E-state index is 0.00383. The monoisotopic (exact) mass is 263 g/mol. The molecule has 0 spiro atoms. The molecule has 0 fully saturated rings. The molecule has 0 saturated carbocycles. The van der Waals surface area contributed by atoms with E-state index < -0.39 is 26.2 Å². The second-order valence-corrected chi connectivity index (χ2v) is 5.82. The van der Waals surface area contributed by atoms with Crippen molar-refractivity contribution in [1.29, 1.82) is 0 Å². The average molecular weight is 263 g/mol. The quantitative estimate of drug-likeness (QED) is 0.358. The fraction of sp³-hybridized carbons (Fsp3) is 1.00. The normalized spacial score (nSPS) is 15.5. The molecule has 0 saturated heterocycles. The molecule has 3 N–H and O–H groups in total. The zero-order valence-corrected chi connectivity index (χ0v) is 10.0. The third-order valence-corrected chi connectivity index (χ3v) is 3.56. The van der Waals surface area contributed by atoms with Crippen LogP contribution in [0.2, 0.25) is 0 Å². The molecule has 0 aliphatic heterocycles. The van der Waals surface area contributed by atoms with Gasteiger partial charge in [-0.25, -0.2) is 5.01 Å². The van der Waals surface area contributed by atoms with Crippen LogP contribution in [0.1, 0.15) is 6.92 Å². The highest BCUT2D eigenvalue weighted by Gasteiger charge is 2.26. The highest BCUT2D eigenvalue weighted by Crippen LogP contribution is 1.86. The van der Waals surface area contributed by atoms with Crippen LogP contribution in [0.3, 0.4) is 0 Å². The fourth-order valence-electron chi connectivity index (χ4n) is 1.03. The van der Waals surface area contributed by atoms with Crippen LogP contribution in [0.4, 0.5) is 0 Å². The first-order chi connectivity index (χ1) is 6.58. The minimum atomic E-state index is -4.36. The Morgan fingerprint density at radius 2 is 1.67 bits per heavy atom. The Kier molecular flexibility index (Phi) is 5.09. The predicted molar refractivity (Wildman–Crippen MR) is 52.1 cm³/mol. The molecule has 10 heteroatoms. The second-order valence-electron chi connectivity index (χ2n) is 2.91. The Balaban J connectivity index is 4.50. The Labute approximate surface area is 89.1 Å². The second kappa shape index (κ2) is 5.18. The molecule has 0 bridgehead atoms. The van der Waals surface area contributed by atoms with Gasteiger partial charge < -0.3 is 0 Å². The first kappa shape index (κ1) is 14.7. The van der Waals surface area contributed by atoms with Crippen LogP contribution in [0.5, 0.6) is 0 Å². The molecule has 8 nitrogen and oxygen atoms in total. The molecule has 1 atom stereocenters. The number of rotatable bonds is 6. The lowest BCUT2D eigenvalue weighted by molar-refractivity contribution is -0.976. The molecular formula is C5H15N2O6S2+. The van der Waals surface area contributed by atoms with Gasteiger partial charge in [-0.3, -0.25) is 9.11 Å². The van der Waals surface area contributed by atoms with Crippen LogP contribution in [0.15, 0.2) is 0 Å². The lowest BCUT2D eigenvalue weighted by atomic mass is 10.7.